The average Bonchev–Trinajstić information content (AvgIpc) is 2.42. The number of rotatable bonds is 4. The summed E-state index contributed by atoms with van der Waals surface area (Å²) >= 11 is 0. The number of ether oxygens (including phenoxy) is 1. The van der Waals surface area contributed by atoms with E-state index in [2.05, 4.69) is 5.32 Å². The highest BCUT2D eigenvalue weighted by atomic mass is 16.5. The van der Waals surface area contributed by atoms with E-state index in [1.165, 1.54) is 0 Å². The van der Waals surface area contributed by atoms with Crippen LogP contribution in [-0.2, 0) is 0 Å². The fraction of sp³-hybridized carbons (Fsp3) is 0.133. The zero-order valence-corrected chi connectivity index (χ0v) is 10.7. The van der Waals surface area contributed by atoms with Crippen LogP contribution in [0, 0.1) is 0 Å². The van der Waals surface area contributed by atoms with Crippen LogP contribution in [0.2, 0.25) is 0 Å². The first-order valence-corrected chi connectivity index (χ1v) is 6.10. The quantitative estimate of drug-likeness (QED) is 0.827. The van der Waals surface area contributed by atoms with Crippen molar-refractivity contribution in [2.75, 3.05) is 12.3 Å². The van der Waals surface area contributed by atoms with E-state index in [0.29, 0.717) is 29.3 Å². The summed E-state index contributed by atoms with van der Waals surface area (Å²) in [6.45, 7) is 2.48. The molecule has 0 spiro atoms. The zero-order valence-electron chi connectivity index (χ0n) is 10.7. The highest BCUT2D eigenvalue weighted by Gasteiger charge is 2.05. The van der Waals surface area contributed by atoms with Gasteiger partial charge in [-0.05, 0) is 49.4 Å². The van der Waals surface area contributed by atoms with E-state index >= 15 is 0 Å². The van der Waals surface area contributed by atoms with Gasteiger partial charge in [0.15, 0.2) is 0 Å². The Bertz CT molecular complexity index is 565. The summed E-state index contributed by atoms with van der Waals surface area (Å²) in [4.78, 5) is 11.7. The van der Waals surface area contributed by atoms with Gasteiger partial charge < -0.3 is 15.8 Å². The Kier molecular flexibility index (Phi) is 4.03. The molecule has 0 aliphatic rings. The van der Waals surface area contributed by atoms with Gasteiger partial charge in [0.25, 0.3) is 5.91 Å². The Balaban J connectivity index is 2.15. The van der Waals surface area contributed by atoms with E-state index in [1.54, 1.807) is 48.5 Å². The lowest BCUT2D eigenvalue weighted by molar-refractivity contribution is 0.0955. The number of hydrogen-bond donors (Lipinski definition) is 2. The van der Waals surface area contributed by atoms with Crippen molar-refractivity contribution in [3.8, 4) is 11.5 Å². The molecule has 0 heterocycles. The summed E-state index contributed by atoms with van der Waals surface area (Å²) in [5, 5.41) is 2.75. The molecule has 1 amide bonds. The van der Waals surface area contributed by atoms with Crippen LogP contribution in [0.4, 0.5) is 5.69 Å². The lowest BCUT2D eigenvalue weighted by Crippen LogP contribution is -2.22. The van der Waals surface area contributed by atoms with E-state index < -0.39 is 0 Å². The maximum atomic E-state index is 11.7. The Morgan fingerprint density at radius 1 is 1.16 bits per heavy atom. The molecule has 0 saturated carbocycles. The molecule has 4 nitrogen and oxygen atoms in total. The predicted octanol–water partition coefficient (Wildman–Crippen LogP) is 2.81. The van der Waals surface area contributed by atoms with Gasteiger partial charge in [0, 0.05) is 17.8 Å². The minimum absolute atomic E-state index is 0.106. The van der Waals surface area contributed by atoms with E-state index in [9.17, 15) is 4.79 Å². The largest absolute Gasteiger partial charge is 0.457 e. The summed E-state index contributed by atoms with van der Waals surface area (Å²) in [6, 6.07) is 14.2. The topological polar surface area (TPSA) is 64.3 Å². The molecule has 19 heavy (non-hydrogen) atoms. The molecule has 2 rings (SSSR count). The van der Waals surface area contributed by atoms with E-state index in [0.717, 1.165) is 0 Å². The second-order valence-corrected chi connectivity index (χ2v) is 4.06. The molecular weight excluding hydrogens is 240 g/mol. The lowest BCUT2D eigenvalue weighted by atomic mass is 10.2. The second kappa shape index (κ2) is 5.91. The van der Waals surface area contributed by atoms with Crippen LogP contribution >= 0.6 is 0 Å². The predicted molar refractivity (Wildman–Crippen MR) is 75.4 cm³/mol. The Morgan fingerprint density at radius 2 is 1.89 bits per heavy atom. The van der Waals surface area contributed by atoms with Crippen LogP contribution in [-0.4, -0.2) is 12.5 Å². The van der Waals surface area contributed by atoms with Gasteiger partial charge in [0.2, 0.25) is 0 Å². The van der Waals surface area contributed by atoms with Gasteiger partial charge in [-0.1, -0.05) is 6.07 Å². The smallest absolute Gasteiger partial charge is 0.251 e. The summed E-state index contributed by atoms with van der Waals surface area (Å²) in [7, 11) is 0. The van der Waals surface area contributed by atoms with Crippen molar-refractivity contribution in [3.05, 3.63) is 54.1 Å². The molecule has 4 heteroatoms. The highest BCUT2D eigenvalue weighted by Crippen LogP contribution is 2.23. The monoisotopic (exact) mass is 256 g/mol. The van der Waals surface area contributed by atoms with Crippen molar-refractivity contribution >= 4 is 11.6 Å². The van der Waals surface area contributed by atoms with Crippen LogP contribution in [0.5, 0.6) is 11.5 Å². The number of nitrogen functional groups attached to an aromatic ring is 1. The van der Waals surface area contributed by atoms with E-state index in [1.807, 2.05) is 6.92 Å². The molecule has 0 fully saturated rings. The third kappa shape index (κ3) is 3.48. The van der Waals surface area contributed by atoms with Crippen LogP contribution in [0.25, 0.3) is 0 Å². The molecule has 0 unspecified atom stereocenters. The summed E-state index contributed by atoms with van der Waals surface area (Å²) in [6.07, 6.45) is 0. The van der Waals surface area contributed by atoms with Crippen LogP contribution in [0.15, 0.2) is 48.5 Å². The van der Waals surface area contributed by atoms with E-state index in [-0.39, 0.29) is 5.91 Å². The maximum Gasteiger partial charge on any atom is 0.251 e. The van der Waals surface area contributed by atoms with Crippen molar-refractivity contribution < 1.29 is 9.53 Å². The molecule has 0 saturated heterocycles. The van der Waals surface area contributed by atoms with Crippen LogP contribution in [0.1, 0.15) is 17.3 Å². The average molecular weight is 256 g/mol. The number of nitrogens with one attached hydrogen (secondary N) is 1. The number of carbonyl (C=O) groups is 1. The molecule has 0 aliphatic carbocycles. The first-order valence-electron chi connectivity index (χ1n) is 6.10. The van der Waals surface area contributed by atoms with Gasteiger partial charge in [-0.25, -0.2) is 0 Å². The van der Waals surface area contributed by atoms with Gasteiger partial charge in [0.1, 0.15) is 11.5 Å². The zero-order chi connectivity index (χ0) is 13.7. The molecule has 2 aromatic rings. The molecule has 2 aromatic carbocycles. The SMILES string of the molecule is CCNC(=O)c1cccc(Oc2ccc(N)cc2)c1. The fourth-order valence-corrected chi connectivity index (χ4v) is 1.64. The molecule has 3 N–H and O–H groups in total. The highest BCUT2D eigenvalue weighted by molar-refractivity contribution is 5.94. The molecule has 0 atom stereocenters. The van der Waals surface area contributed by atoms with Crippen molar-refractivity contribution in [2.45, 2.75) is 6.92 Å². The minimum Gasteiger partial charge on any atom is -0.457 e. The third-order valence-electron chi connectivity index (χ3n) is 2.55. The van der Waals surface area contributed by atoms with Crippen molar-refractivity contribution in [3.63, 3.8) is 0 Å². The normalized spacial score (nSPS) is 9.95. The van der Waals surface area contributed by atoms with Gasteiger partial charge in [-0.2, -0.15) is 0 Å². The standard InChI is InChI=1S/C15H16N2O2/c1-2-17-15(18)11-4-3-5-14(10-11)19-13-8-6-12(16)7-9-13/h3-10H,2,16H2,1H3,(H,17,18). The summed E-state index contributed by atoms with van der Waals surface area (Å²) in [5.74, 6) is 1.20. The Morgan fingerprint density at radius 3 is 2.58 bits per heavy atom. The molecule has 0 radical (unpaired) electrons. The molecular formula is C15H16N2O2. The molecule has 0 aliphatic heterocycles. The first kappa shape index (κ1) is 13.0. The number of nitrogens with two attached hydrogens (primary N) is 1. The Labute approximate surface area is 112 Å². The number of benzene rings is 2. The Hall–Kier alpha value is -2.49. The van der Waals surface area contributed by atoms with Crippen LogP contribution in [0.3, 0.4) is 0 Å². The lowest BCUT2D eigenvalue weighted by Gasteiger charge is -2.08. The molecule has 0 aromatic heterocycles. The van der Waals surface area contributed by atoms with Gasteiger partial charge in [0.05, 0.1) is 0 Å². The number of hydrogen-bond acceptors (Lipinski definition) is 3. The van der Waals surface area contributed by atoms with Gasteiger partial charge in [-0.3, -0.25) is 4.79 Å². The van der Waals surface area contributed by atoms with Crippen LogP contribution < -0.4 is 15.8 Å². The summed E-state index contributed by atoms with van der Waals surface area (Å²) < 4.78 is 5.67. The van der Waals surface area contributed by atoms with Crippen molar-refractivity contribution in [1.82, 2.24) is 5.32 Å². The number of carbonyl (C=O) groups excluding carboxylic acids is 1. The van der Waals surface area contributed by atoms with Crippen molar-refractivity contribution in [1.29, 1.82) is 0 Å². The fourth-order valence-electron chi connectivity index (χ4n) is 1.64. The maximum absolute atomic E-state index is 11.7. The second-order valence-electron chi connectivity index (χ2n) is 4.06. The van der Waals surface area contributed by atoms with Gasteiger partial charge >= 0.3 is 0 Å². The van der Waals surface area contributed by atoms with Gasteiger partial charge in [-0.15, -0.1) is 0 Å². The third-order valence-corrected chi connectivity index (χ3v) is 2.55. The van der Waals surface area contributed by atoms with E-state index in [4.69, 9.17) is 10.5 Å². The minimum atomic E-state index is -0.106. The number of anilines is 1. The molecule has 0 bridgehead atoms. The molecule has 98 valence electrons. The first-order chi connectivity index (χ1) is 9.19. The summed E-state index contributed by atoms with van der Waals surface area (Å²) in [5.41, 5.74) is 6.87. The number of amides is 1. The van der Waals surface area contributed by atoms with Crippen molar-refractivity contribution in [2.24, 2.45) is 0 Å².